The molecule has 2 aliphatic heterocycles. The third-order valence-electron chi connectivity index (χ3n) is 5.98. The number of aromatic nitrogens is 4. The second kappa shape index (κ2) is 8.02. The van der Waals surface area contributed by atoms with Crippen molar-refractivity contribution in [1.82, 2.24) is 24.8 Å². The summed E-state index contributed by atoms with van der Waals surface area (Å²) in [5.41, 5.74) is 2.68. The third kappa shape index (κ3) is 3.94. The topological polar surface area (TPSA) is 84.3 Å². The molecule has 0 N–H and O–H groups in total. The van der Waals surface area contributed by atoms with Crippen molar-refractivity contribution in [2.24, 2.45) is 5.92 Å². The van der Waals surface area contributed by atoms with Crippen LogP contribution in [0.5, 0.6) is 0 Å². The smallest absolute Gasteiger partial charge is 0.225 e. The minimum absolute atomic E-state index is 0.186. The first-order valence-electron chi connectivity index (χ1n) is 10.5. The van der Waals surface area contributed by atoms with Crippen LogP contribution in [0.25, 0.3) is 11.3 Å². The molecule has 1 amide bonds. The highest BCUT2D eigenvalue weighted by Gasteiger charge is 2.36. The molecule has 5 rings (SSSR count). The molecule has 0 radical (unpaired) electrons. The van der Waals surface area contributed by atoms with Crippen molar-refractivity contribution in [3.63, 3.8) is 0 Å². The first kappa shape index (κ1) is 18.4. The van der Waals surface area contributed by atoms with E-state index in [1.165, 1.54) is 0 Å². The van der Waals surface area contributed by atoms with E-state index in [4.69, 9.17) is 9.72 Å². The summed E-state index contributed by atoms with van der Waals surface area (Å²) >= 11 is 0. The molecule has 2 aromatic rings. The van der Waals surface area contributed by atoms with Gasteiger partial charge < -0.3 is 14.5 Å². The largest absolute Gasteiger partial charge is 0.378 e. The van der Waals surface area contributed by atoms with Gasteiger partial charge in [0.2, 0.25) is 11.9 Å². The number of carbonyl (C=O) groups is 1. The first-order valence-corrected chi connectivity index (χ1v) is 10.5. The number of rotatable bonds is 4. The maximum Gasteiger partial charge on any atom is 0.225 e. The van der Waals surface area contributed by atoms with Gasteiger partial charge in [0.15, 0.2) is 0 Å². The Morgan fingerprint density at radius 2 is 1.90 bits per heavy atom. The molecule has 8 nitrogen and oxygen atoms in total. The van der Waals surface area contributed by atoms with E-state index < -0.39 is 0 Å². The average molecular weight is 394 g/mol. The second-order valence-electron chi connectivity index (χ2n) is 8.06. The Bertz CT molecular complexity index is 867. The van der Waals surface area contributed by atoms with Gasteiger partial charge in [-0.05, 0) is 25.7 Å². The van der Waals surface area contributed by atoms with Crippen LogP contribution < -0.4 is 4.90 Å². The Balaban J connectivity index is 1.48. The van der Waals surface area contributed by atoms with E-state index in [9.17, 15) is 4.79 Å². The summed E-state index contributed by atoms with van der Waals surface area (Å²) in [5.74, 6) is 1.49. The predicted molar refractivity (Wildman–Crippen MR) is 107 cm³/mol. The van der Waals surface area contributed by atoms with Crippen LogP contribution in [0.3, 0.4) is 0 Å². The van der Waals surface area contributed by atoms with E-state index >= 15 is 0 Å². The normalized spacial score (nSPS) is 22.6. The fraction of sp³-hybridized carbons (Fsp3) is 0.571. The molecule has 0 unspecified atom stereocenters. The molecule has 0 spiro atoms. The highest BCUT2D eigenvalue weighted by molar-refractivity contribution is 5.81. The fourth-order valence-corrected chi connectivity index (χ4v) is 4.24. The van der Waals surface area contributed by atoms with E-state index in [1.54, 1.807) is 18.6 Å². The van der Waals surface area contributed by atoms with Gasteiger partial charge in [-0.3, -0.25) is 14.8 Å². The molecule has 3 fully saturated rings. The van der Waals surface area contributed by atoms with Gasteiger partial charge >= 0.3 is 0 Å². The second-order valence-corrected chi connectivity index (χ2v) is 8.06. The summed E-state index contributed by atoms with van der Waals surface area (Å²) in [7, 11) is 0. The van der Waals surface area contributed by atoms with Gasteiger partial charge in [-0.1, -0.05) is 0 Å². The lowest BCUT2D eigenvalue weighted by molar-refractivity contribution is -0.133. The quantitative estimate of drug-likeness (QED) is 0.783. The molecule has 3 aliphatic rings. The fourth-order valence-electron chi connectivity index (χ4n) is 4.24. The summed E-state index contributed by atoms with van der Waals surface area (Å²) in [6.07, 6.45) is 11.1. The number of likely N-dealkylation sites (tertiary alicyclic amines) is 1. The SMILES string of the molecule is O=C(C1CC1)N1CCC[C@@H](c2nc(N3CCOCC3)ncc2-c2cnccn2)C1. The number of hydrogen-bond acceptors (Lipinski definition) is 7. The molecule has 29 heavy (non-hydrogen) atoms. The summed E-state index contributed by atoms with van der Waals surface area (Å²) in [6, 6.07) is 0. The maximum atomic E-state index is 12.7. The van der Waals surface area contributed by atoms with Crippen molar-refractivity contribution in [2.45, 2.75) is 31.6 Å². The van der Waals surface area contributed by atoms with Gasteiger partial charge in [-0.15, -0.1) is 0 Å². The Morgan fingerprint density at radius 3 is 2.66 bits per heavy atom. The third-order valence-corrected chi connectivity index (χ3v) is 5.98. The molecule has 4 heterocycles. The molecule has 0 aromatic carbocycles. The van der Waals surface area contributed by atoms with Crippen molar-refractivity contribution in [3.8, 4) is 11.3 Å². The number of ether oxygens (including phenoxy) is 1. The average Bonchev–Trinajstić information content (AvgIpc) is 3.65. The molecule has 1 aliphatic carbocycles. The maximum absolute atomic E-state index is 12.7. The number of amides is 1. The van der Waals surface area contributed by atoms with E-state index in [-0.39, 0.29) is 11.8 Å². The zero-order chi connectivity index (χ0) is 19.6. The van der Waals surface area contributed by atoms with Crippen molar-refractivity contribution in [3.05, 3.63) is 30.5 Å². The molecule has 1 saturated carbocycles. The predicted octanol–water partition coefficient (Wildman–Crippen LogP) is 1.89. The lowest BCUT2D eigenvalue weighted by Gasteiger charge is -2.34. The molecular formula is C21H26N6O2. The van der Waals surface area contributed by atoms with Gasteiger partial charge in [-0.25, -0.2) is 9.97 Å². The zero-order valence-corrected chi connectivity index (χ0v) is 16.5. The van der Waals surface area contributed by atoms with Crippen LogP contribution in [0, 0.1) is 5.92 Å². The molecular weight excluding hydrogens is 368 g/mol. The minimum Gasteiger partial charge on any atom is -0.378 e. The summed E-state index contributed by atoms with van der Waals surface area (Å²) in [5, 5.41) is 0. The molecule has 8 heteroatoms. The van der Waals surface area contributed by atoms with Crippen LogP contribution in [-0.2, 0) is 9.53 Å². The molecule has 0 bridgehead atoms. The van der Waals surface area contributed by atoms with Gasteiger partial charge in [-0.2, -0.15) is 0 Å². The van der Waals surface area contributed by atoms with Crippen LogP contribution in [-0.4, -0.2) is 70.1 Å². The van der Waals surface area contributed by atoms with E-state index in [0.29, 0.717) is 19.1 Å². The Kier molecular flexibility index (Phi) is 5.10. The highest BCUT2D eigenvalue weighted by Crippen LogP contribution is 2.36. The van der Waals surface area contributed by atoms with Crippen molar-refractivity contribution in [2.75, 3.05) is 44.3 Å². The lowest BCUT2D eigenvalue weighted by atomic mass is 9.91. The van der Waals surface area contributed by atoms with Gasteiger partial charge in [0.1, 0.15) is 0 Å². The standard InChI is InChI=1S/C21H26N6O2/c28-20(15-3-4-15)27-7-1-2-16(14-27)19-17(18-13-22-5-6-23-18)12-24-21(25-19)26-8-10-29-11-9-26/h5-6,12-13,15-16H,1-4,7-11,14H2/t16-/m1/s1. The number of carbonyl (C=O) groups excluding carboxylic acids is 1. The number of nitrogens with zero attached hydrogens (tertiary/aromatic N) is 6. The Morgan fingerprint density at radius 1 is 1.03 bits per heavy atom. The summed E-state index contributed by atoms with van der Waals surface area (Å²) in [6.45, 7) is 4.55. The first-order chi connectivity index (χ1) is 14.3. The number of anilines is 1. The summed E-state index contributed by atoms with van der Waals surface area (Å²) in [4.78, 5) is 35.2. The van der Waals surface area contributed by atoms with E-state index in [0.717, 1.165) is 74.8 Å². The zero-order valence-electron chi connectivity index (χ0n) is 16.5. The van der Waals surface area contributed by atoms with Crippen LogP contribution in [0.2, 0.25) is 0 Å². The van der Waals surface area contributed by atoms with Crippen LogP contribution in [0.1, 0.15) is 37.3 Å². The van der Waals surface area contributed by atoms with E-state index in [2.05, 4.69) is 19.9 Å². The molecule has 2 saturated heterocycles. The van der Waals surface area contributed by atoms with Crippen molar-refractivity contribution < 1.29 is 9.53 Å². The van der Waals surface area contributed by atoms with Crippen LogP contribution >= 0.6 is 0 Å². The van der Waals surface area contributed by atoms with Gasteiger partial charge in [0, 0.05) is 62.2 Å². The van der Waals surface area contributed by atoms with Crippen molar-refractivity contribution >= 4 is 11.9 Å². The van der Waals surface area contributed by atoms with Gasteiger partial charge in [0.25, 0.3) is 0 Å². The molecule has 1 atom stereocenters. The summed E-state index contributed by atoms with van der Waals surface area (Å²) < 4.78 is 5.47. The molecule has 2 aromatic heterocycles. The number of morpholine rings is 1. The minimum atomic E-state index is 0.186. The highest BCUT2D eigenvalue weighted by atomic mass is 16.5. The monoisotopic (exact) mass is 394 g/mol. The Hall–Kier alpha value is -2.61. The van der Waals surface area contributed by atoms with Crippen LogP contribution in [0.15, 0.2) is 24.8 Å². The van der Waals surface area contributed by atoms with Crippen molar-refractivity contribution in [1.29, 1.82) is 0 Å². The number of piperidine rings is 1. The van der Waals surface area contributed by atoms with Gasteiger partial charge in [0.05, 0.1) is 30.8 Å². The van der Waals surface area contributed by atoms with Crippen LogP contribution in [0.4, 0.5) is 5.95 Å². The van der Waals surface area contributed by atoms with E-state index in [1.807, 2.05) is 11.1 Å². The lowest BCUT2D eigenvalue weighted by Crippen LogP contribution is -2.41. The number of hydrogen-bond donors (Lipinski definition) is 0. The molecule has 152 valence electrons. The Labute approximate surface area is 170 Å².